The number of halogens is 1. The molecule has 1 aromatic carbocycles. The van der Waals surface area contributed by atoms with Crippen molar-refractivity contribution in [2.24, 2.45) is 5.92 Å². The molecule has 162 valence electrons. The van der Waals surface area contributed by atoms with Gasteiger partial charge in [0.05, 0.1) is 41.5 Å². The zero-order valence-corrected chi connectivity index (χ0v) is 18.5. The molecule has 31 heavy (non-hydrogen) atoms. The second kappa shape index (κ2) is 8.04. The number of fused-ring (bicyclic) bond motifs is 2. The molecule has 0 bridgehead atoms. The van der Waals surface area contributed by atoms with E-state index >= 15 is 0 Å². The topological polar surface area (TPSA) is 80.3 Å². The van der Waals surface area contributed by atoms with Crippen molar-refractivity contribution in [2.45, 2.75) is 39.3 Å². The van der Waals surface area contributed by atoms with Gasteiger partial charge in [0, 0.05) is 48.9 Å². The number of carbonyl (C=O) groups is 1. The van der Waals surface area contributed by atoms with Gasteiger partial charge in [0.15, 0.2) is 0 Å². The minimum atomic E-state index is 0.0503. The summed E-state index contributed by atoms with van der Waals surface area (Å²) in [6.07, 6.45) is 6.19. The second-order valence-corrected chi connectivity index (χ2v) is 8.85. The van der Waals surface area contributed by atoms with Crippen molar-refractivity contribution in [3.63, 3.8) is 0 Å². The summed E-state index contributed by atoms with van der Waals surface area (Å²) in [5.41, 5.74) is 9.95. The first kappa shape index (κ1) is 20.1. The number of benzene rings is 1. The van der Waals surface area contributed by atoms with E-state index in [9.17, 15) is 4.79 Å². The molecule has 0 aliphatic carbocycles. The van der Waals surface area contributed by atoms with E-state index in [0.717, 1.165) is 73.6 Å². The van der Waals surface area contributed by atoms with E-state index in [0.29, 0.717) is 17.3 Å². The minimum absolute atomic E-state index is 0.0503. The molecule has 8 heteroatoms. The molecule has 3 aromatic rings. The van der Waals surface area contributed by atoms with Crippen LogP contribution in [0.15, 0.2) is 30.6 Å². The summed E-state index contributed by atoms with van der Waals surface area (Å²) in [6.45, 7) is 5.95. The number of anilines is 2. The van der Waals surface area contributed by atoms with Crippen molar-refractivity contribution in [3.05, 3.63) is 47.1 Å². The van der Waals surface area contributed by atoms with Crippen LogP contribution in [0.4, 0.5) is 11.4 Å². The molecule has 5 rings (SSSR count). The number of aromatic nitrogens is 3. The summed E-state index contributed by atoms with van der Waals surface area (Å²) < 4.78 is 2.26. The lowest BCUT2D eigenvalue weighted by atomic mass is 9.94. The highest BCUT2D eigenvalue weighted by Gasteiger charge is 2.32. The highest BCUT2D eigenvalue weighted by Crippen LogP contribution is 2.36. The van der Waals surface area contributed by atoms with E-state index in [1.54, 1.807) is 6.20 Å². The molecule has 0 spiro atoms. The fourth-order valence-electron chi connectivity index (χ4n) is 4.95. The van der Waals surface area contributed by atoms with Gasteiger partial charge in [-0.25, -0.2) is 4.98 Å². The minimum Gasteiger partial charge on any atom is -0.396 e. The van der Waals surface area contributed by atoms with Crippen LogP contribution in [0.25, 0.3) is 10.9 Å². The van der Waals surface area contributed by atoms with Crippen LogP contribution in [-0.4, -0.2) is 45.0 Å². The summed E-state index contributed by atoms with van der Waals surface area (Å²) in [4.78, 5) is 26.4. The first-order valence-electron chi connectivity index (χ1n) is 11.0. The van der Waals surface area contributed by atoms with Crippen molar-refractivity contribution in [3.8, 4) is 0 Å². The molecule has 2 aliphatic heterocycles. The molecule has 1 saturated heterocycles. The molecule has 2 N–H and O–H groups in total. The van der Waals surface area contributed by atoms with E-state index in [1.807, 2.05) is 29.3 Å². The van der Waals surface area contributed by atoms with Crippen LogP contribution in [0.5, 0.6) is 0 Å². The lowest BCUT2D eigenvalue weighted by Gasteiger charge is -2.37. The highest BCUT2D eigenvalue weighted by atomic mass is 35.5. The van der Waals surface area contributed by atoms with Gasteiger partial charge in [-0.2, -0.15) is 0 Å². The maximum absolute atomic E-state index is 13.2. The van der Waals surface area contributed by atoms with Crippen molar-refractivity contribution in [1.29, 1.82) is 0 Å². The van der Waals surface area contributed by atoms with Crippen LogP contribution in [0, 0.1) is 5.92 Å². The Labute approximate surface area is 186 Å². The van der Waals surface area contributed by atoms with Gasteiger partial charge in [-0.1, -0.05) is 18.5 Å². The first-order chi connectivity index (χ1) is 15.0. The summed E-state index contributed by atoms with van der Waals surface area (Å²) in [6, 6.07) is 5.69. The van der Waals surface area contributed by atoms with Crippen LogP contribution < -0.4 is 10.6 Å². The Kier molecular flexibility index (Phi) is 5.22. The quantitative estimate of drug-likeness (QED) is 0.677. The van der Waals surface area contributed by atoms with Gasteiger partial charge in [0.2, 0.25) is 5.91 Å². The summed E-state index contributed by atoms with van der Waals surface area (Å²) >= 11 is 6.24. The molecule has 2 aromatic heterocycles. The number of imidazole rings is 1. The molecule has 7 nitrogen and oxygen atoms in total. The Morgan fingerprint density at radius 3 is 2.74 bits per heavy atom. The van der Waals surface area contributed by atoms with E-state index in [1.165, 1.54) is 0 Å². The summed E-state index contributed by atoms with van der Waals surface area (Å²) in [5, 5.41) is 1.63. The van der Waals surface area contributed by atoms with Gasteiger partial charge in [0.25, 0.3) is 0 Å². The molecule has 2 aliphatic rings. The number of hydrogen-bond donors (Lipinski definition) is 1. The summed E-state index contributed by atoms with van der Waals surface area (Å²) in [7, 11) is 0. The summed E-state index contributed by atoms with van der Waals surface area (Å²) in [5.74, 6) is 1.42. The molecule has 0 unspecified atom stereocenters. The fraction of sp³-hybridized carbons (Fsp3) is 0.435. The van der Waals surface area contributed by atoms with Crippen molar-refractivity contribution >= 4 is 39.8 Å². The van der Waals surface area contributed by atoms with Gasteiger partial charge in [-0.05, 0) is 31.0 Å². The van der Waals surface area contributed by atoms with E-state index in [-0.39, 0.29) is 11.8 Å². The van der Waals surface area contributed by atoms with Gasteiger partial charge in [-0.15, -0.1) is 0 Å². The number of carbonyl (C=O) groups excluding carboxylic acids is 1. The number of amides is 1. The van der Waals surface area contributed by atoms with Crippen molar-refractivity contribution in [1.82, 2.24) is 19.4 Å². The third-order valence-electron chi connectivity index (χ3n) is 6.59. The van der Waals surface area contributed by atoms with Crippen LogP contribution in [0.3, 0.4) is 0 Å². The molecular weight excluding hydrogens is 412 g/mol. The Bertz CT molecular complexity index is 1130. The van der Waals surface area contributed by atoms with Gasteiger partial charge >= 0.3 is 0 Å². The van der Waals surface area contributed by atoms with Gasteiger partial charge < -0.3 is 20.1 Å². The zero-order valence-electron chi connectivity index (χ0n) is 17.7. The van der Waals surface area contributed by atoms with Gasteiger partial charge in [0.1, 0.15) is 5.82 Å². The number of nitrogens with two attached hydrogens (primary N) is 1. The number of aryl methyl sites for hydroxylation is 1. The van der Waals surface area contributed by atoms with Crippen LogP contribution in [0.2, 0.25) is 5.02 Å². The maximum Gasteiger partial charge on any atom is 0.226 e. The smallest absolute Gasteiger partial charge is 0.226 e. The normalized spacial score (nSPS) is 17.2. The molecule has 1 fully saturated rings. The molecule has 4 heterocycles. The predicted molar refractivity (Wildman–Crippen MR) is 123 cm³/mol. The number of pyridine rings is 1. The Hall–Kier alpha value is -2.80. The van der Waals surface area contributed by atoms with Crippen LogP contribution >= 0.6 is 11.6 Å². The van der Waals surface area contributed by atoms with E-state index in [4.69, 9.17) is 17.3 Å². The SMILES string of the molecule is CCc1ncc2n1CCN(C(=O)C1CCN(c3c(N)cnc4ccc(Cl)cc34)CC1)C2. The number of piperidine rings is 1. The number of hydrogen-bond acceptors (Lipinski definition) is 5. The largest absolute Gasteiger partial charge is 0.396 e. The zero-order chi connectivity index (χ0) is 21.5. The number of nitrogens with zero attached hydrogens (tertiary/aromatic N) is 5. The highest BCUT2D eigenvalue weighted by molar-refractivity contribution is 6.31. The Morgan fingerprint density at radius 1 is 1.16 bits per heavy atom. The lowest BCUT2D eigenvalue weighted by Crippen LogP contribution is -2.45. The number of rotatable bonds is 3. The Balaban J connectivity index is 1.29. The van der Waals surface area contributed by atoms with Crippen molar-refractivity contribution in [2.75, 3.05) is 30.3 Å². The molecule has 0 radical (unpaired) electrons. The van der Waals surface area contributed by atoms with Gasteiger partial charge in [-0.3, -0.25) is 9.78 Å². The predicted octanol–water partition coefficient (Wildman–Crippen LogP) is 3.49. The fourth-order valence-corrected chi connectivity index (χ4v) is 5.12. The molecular formula is C23H27ClN6O. The third-order valence-corrected chi connectivity index (χ3v) is 6.82. The average Bonchev–Trinajstić information content (AvgIpc) is 3.21. The second-order valence-electron chi connectivity index (χ2n) is 8.42. The third kappa shape index (κ3) is 3.61. The van der Waals surface area contributed by atoms with E-state index < -0.39 is 0 Å². The maximum atomic E-state index is 13.2. The van der Waals surface area contributed by atoms with Crippen molar-refractivity contribution < 1.29 is 4.79 Å². The van der Waals surface area contributed by atoms with Crippen LogP contribution in [-0.2, 0) is 24.3 Å². The molecule has 0 atom stereocenters. The first-order valence-corrected chi connectivity index (χ1v) is 11.3. The number of nitrogen functional groups attached to an aromatic ring is 1. The Morgan fingerprint density at radius 2 is 1.97 bits per heavy atom. The molecule has 0 saturated carbocycles. The average molecular weight is 439 g/mol. The van der Waals surface area contributed by atoms with Crippen LogP contribution in [0.1, 0.15) is 31.3 Å². The standard InChI is InChI=1S/C23H27ClN6O/c1-2-21-27-12-17-14-29(9-10-30(17)21)23(31)15-5-7-28(8-6-15)22-18-11-16(24)3-4-20(18)26-13-19(22)25/h3-4,11-13,15H,2,5-10,14,25H2,1H3. The van der Waals surface area contributed by atoms with E-state index in [2.05, 4.69) is 26.4 Å². The monoisotopic (exact) mass is 438 g/mol. The lowest BCUT2D eigenvalue weighted by molar-refractivity contribution is -0.137. The molecule has 1 amide bonds.